The molecule has 0 radical (unpaired) electrons. The average molecular weight is 176 g/mol. The van der Waals surface area contributed by atoms with Crippen molar-refractivity contribution in [2.75, 3.05) is 0 Å². The van der Waals surface area contributed by atoms with E-state index in [0.717, 1.165) is 5.56 Å². The van der Waals surface area contributed by atoms with E-state index in [1.807, 2.05) is 30.3 Å². The number of halogens is 1. The summed E-state index contributed by atoms with van der Waals surface area (Å²) < 4.78 is 18.4. The summed E-state index contributed by atoms with van der Waals surface area (Å²) in [7, 11) is 0. The fourth-order valence-electron chi connectivity index (χ4n) is 1.27. The molecule has 0 fully saturated rings. The summed E-state index contributed by atoms with van der Waals surface area (Å²) >= 11 is 0. The predicted octanol–water partition coefficient (Wildman–Crippen LogP) is 3.39. The van der Waals surface area contributed by atoms with Gasteiger partial charge in [0.05, 0.1) is 0 Å². The summed E-state index contributed by atoms with van der Waals surface area (Å²) in [5, 5.41) is 0. The molecule has 2 heteroatoms. The van der Waals surface area contributed by atoms with Gasteiger partial charge in [0.2, 0.25) is 0 Å². The molecule has 13 heavy (non-hydrogen) atoms. The summed E-state index contributed by atoms with van der Waals surface area (Å²) in [6.07, 6.45) is 0. The Bertz CT molecular complexity index is 403. The highest BCUT2D eigenvalue weighted by atomic mass is 19.1. The predicted molar refractivity (Wildman–Crippen MR) is 48.8 cm³/mol. The Morgan fingerprint density at radius 1 is 1.15 bits per heavy atom. The van der Waals surface area contributed by atoms with Crippen LogP contribution in [0.2, 0.25) is 0 Å². The Hall–Kier alpha value is -1.57. The minimum absolute atomic E-state index is 0.302. The maximum Gasteiger partial charge on any atom is 0.169 e. The van der Waals surface area contributed by atoms with Crippen molar-refractivity contribution in [3.8, 4) is 11.3 Å². The van der Waals surface area contributed by atoms with E-state index in [0.29, 0.717) is 11.5 Å². The summed E-state index contributed by atoms with van der Waals surface area (Å²) in [4.78, 5) is 0. The normalized spacial score (nSPS) is 10.3. The molecule has 1 aromatic carbocycles. The monoisotopic (exact) mass is 176 g/mol. The number of hydrogen-bond donors (Lipinski definition) is 0. The Balaban J connectivity index is 2.53. The summed E-state index contributed by atoms with van der Waals surface area (Å²) in [6, 6.07) is 10.6. The van der Waals surface area contributed by atoms with Gasteiger partial charge in [-0.2, -0.15) is 0 Å². The van der Waals surface area contributed by atoms with Gasteiger partial charge < -0.3 is 4.42 Å². The largest absolute Gasteiger partial charge is 0.458 e. The van der Waals surface area contributed by atoms with Crippen LogP contribution >= 0.6 is 0 Å². The fraction of sp³-hybridized carbons (Fsp3) is 0.0909. The molecule has 0 bridgehead atoms. The van der Waals surface area contributed by atoms with E-state index in [9.17, 15) is 4.39 Å². The third kappa shape index (κ3) is 1.47. The SMILES string of the molecule is Cc1cc(F)c(-c2ccccc2)o1. The minimum Gasteiger partial charge on any atom is -0.458 e. The van der Waals surface area contributed by atoms with Gasteiger partial charge >= 0.3 is 0 Å². The first kappa shape index (κ1) is 8.05. The number of benzene rings is 1. The second kappa shape index (κ2) is 3.05. The van der Waals surface area contributed by atoms with Crippen molar-refractivity contribution in [3.63, 3.8) is 0 Å². The molecule has 1 nitrogen and oxygen atoms in total. The lowest BCUT2D eigenvalue weighted by Gasteiger charge is -1.94. The molecule has 0 spiro atoms. The maximum atomic E-state index is 13.2. The quantitative estimate of drug-likeness (QED) is 0.649. The fourth-order valence-corrected chi connectivity index (χ4v) is 1.27. The van der Waals surface area contributed by atoms with Gasteiger partial charge in [0.25, 0.3) is 0 Å². The van der Waals surface area contributed by atoms with Crippen LogP contribution in [-0.2, 0) is 0 Å². The topological polar surface area (TPSA) is 13.1 Å². The van der Waals surface area contributed by atoms with Crippen molar-refractivity contribution < 1.29 is 8.81 Å². The van der Waals surface area contributed by atoms with Crippen LogP contribution in [0.15, 0.2) is 40.8 Å². The first-order valence-corrected chi connectivity index (χ1v) is 4.09. The number of hydrogen-bond acceptors (Lipinski definition) is 1. The van der Waals surface area contributed by atoms with Gasteiger partial charge in [0, 0.05) is 11.6 Å². The highest BCUT2D eigenvalue weighted by molar-refractivity contribution is 5.57. The van der Waals surface area contributed by atoms with E-state index in [-0.39, 0.29) is 5.82 Å². The molecule has 0 aliphatic carbocycles. The van der Waals surface area contributed by atoms with Crippen LogP contribution in [0.5, 0.6) is 0 Å². The molecule has 0 saturated heterocycles. The van der Waals surface area contributed by atoms with Crippen molar-refractivity contribution in [2.45, 2.75) is 6.92 Å². The summed E-state index contributed by atoms with van der Waals surface area (Å²) in [6.45, 7) is 1.73. The van der Waals surface area contributed by atoms with Crippen LogP contribution in [0.25, 0.3) is 11.3 Å². The van der Waals surface area contributed by atoms with Crippen molar-refractivity contribution in [3.05, 3.63) is 48.0 Å². The van der Waals surface area contributed by atoms with Crippen LogP contribution in [0, 0.1) is 12.7 Å². The number of furan rings is 1. The number of aryl methyl sites for hydroxylation is 1. The molecule has 1 aromatic heterocycles. The zero-order valence-electron chi connectivity index (χ0n) is 7.25. The molecule has 2 aromatic rings. The van der Waals surface area contributed by atoms with E-state index in [1.54, 1.807) is 6.92 Å². The van der Waals surface area contributed by atoms with Crippen molar-refractivity contribution >= 4 is 0 Å². The van der Waals surface area contributed by atoms with E-state index < -0.39 is 0 Å². The molecule has 0 N–H and O–H groups in total. The highest BCUT2D eigenvalue weighted by Gasteiger charge is 2.09. The Kier molecular flexibility index (Phi) is 1.89. The summed E-state index contributed by atoms with van der Waals surface area (Å²) in [5.41, 5.74) is 0.771. The maximum absolute atomic E-state index is 13.2. The smallest absolute Gasteiger partial charge is 0.169 e. The lowest BCUT2D eigenvalue weighted by molar-refractivity contribution is 0.527. The first-order chi connectivity index (χ1) is 6.27. The van der Waals surface area contributed by atoms with Crippen LogP contribution in [0.4, 0.5) is 4.39 Å². The molecular weight excluding hydrogens is 167 g/mol. The molecule has 0 aliphatic rings. The Morgan fingerprint density at radius 2 is 1.85 bits per heavy atom. The second-order valence-electron chi connectivity index (χ2n) is 2.90. The van der Waals surface area contributed by atoms with Gasteiger partial charge in [-0.05, 0) is 6.92 Å². The van der Waals surface area contributed by atoms with Gasteiger partial charge in [-0.15, -0.1) is 0 Å². The molecule has 2 rings (SSSR count). The minimum atomic E-state index is -0.302. The Labute approximate surface area is 75.8 Å². The third-order valence-electron chi connectivity index (χ3n) is 1.85. The van der Waals surface area contributed by atoms with Crippen LogP contribution in [0.1, 0.15) is 5.76 Å². The third-order valence-corrected chi connectivity index (χ3v) is 1.85. The lowest BCUT2D eigenvalue weighted by atomic mass is 10.2. The Morgan fingerprint density at radius 3 is 2.38 bits per heavy atom. The second-order valence-corrected chi connectivity index (χ2v) is 2.90. The van der Waals surface area contributed by atoms with Gasteiger partial charge in [-0.1, -0.05) is 30.3 Å². The molecule has 0 amide bonds. The molecule has 0 saturated carbocycles. The zero-order chi connectivity index (χ0) is 9.26. The van der Waals surface area contributed by atoms with Gasteiger partial charge in [0.1, 0.15) is 5.76 Å². The molecule has 0 atom stereocenters. The molecule has 1 heterocycles. The highest BCUT2D eigenvalue weighted by Crippen LogP contribution is 2.25. The van der Waals surface area contributed by atoms with Crippen LogP contribution in [-0.4, -0.2) is 0 Å². The zero-order valence-corrected chi connectivity index (χ0v) is 7.25. The average Bonchev–Trinajstić information content (AvgIpc) is 2.47. The molecular formula is C11H9FO. The first-order valence-electron chi connectivity index (χ1n) is 4.09. The van der Waals surface area contributed by atoms with Gasteiger partial charge in [-0.25, -0.2) is 4.39 Å². The standard InChI is InChI=1S/C11H9FO/c1-8-7-10(12)11(13-8)9-5-3-2-4-6-9/h2-7H,1H3. The molecule has 0 unspecified atom stereocenters. The van der Waals surface area contributed by atoms with Crippen molar-refractivity contribution in [1.29, 1.82) is 0 Å². The van der Waals surface area contributed by atoms with Crippen LogP contribution < -0.4 is 0 Å². The summed E-state index contributed by atoms with van der Waals surface area (Å²) in [5.74, 6) is 0.609. The van der Waals surface area contributed by atoms with E-state index in [4.69, 9.17) is 4.42 Å². The molecule has 0 aliphatic heterocycles. The number of rotatable bonds is 1. The van der Waals surface area contributed by atoms with E-state index in [1.165, 1.54) is 6.07 Å². The lowest BCUT2D eigenvalue weighted by Crippen LogP contribution is -1.75. The van der Waals surface area contributed by atoms with Crippen molar-refractivity contribution in [2.24, 2.45) is 0 Å². The van der Waals surface area contributed by atoms with Crippen LogP contribution in [0.3, 0.4) is 0 Å². The van der Waals surface area contributed by atoms with Crippen molar-refractivity contribution in [1.82, 2.24) is 0 Å². The van der Waals surface area contributed by atoms with Gasteiger partial charge in [0.15, 0.2) is 11.6 Å². The van der Waals surface area contributed by atoms with E-state index >= 15 is 0 Å². The molecule has 66 valence electrons. The van der Waals surface area contributed by atoms with Gasteiger partial charge in [-0.3, -0.25) is 0 Å². The van der Waals surface area contributed by atoms with E-state index in [2.05, 4.69) is 0 Å².